The van der Waals surface area contributed by atoms with E-state index >= 15 is 0 Å². The molecule has 28 heavy (non-hydrogen) atoms. The van der Waals surface area contributed by atoms with Gasteiger partial charge in [0.15, 0.2) is 5.75 Å². The van der Waals surface area contributed by atoms with Crippen LogP contribution in [-0.2, 0) is 9.59 Å². The summed E-state index contributed by atoms with van der Waals surface area (Å²) >= 11 is 3.34. The van der Waals surface area contributed by atoms with Crippen LogP contribution in [0.5, 0.6) is 5.75 Å². The van der Waals surface area contributed by atoms with E-state index in [4.69, 9.17) is 4.74 Å². The lowest BCUT2D eigenvalue weighted by atomic mass is 9.81. The largest absolute Gasteiger partial charge is 0.421 e. The number of amides is 2. The van der Waals surface area contributed by atoms with Crippen molar-refractivity contribution in [2.24, 2.45) is 23.7 Å². The van der Waals surface area contributed by atoms with Crippen molar-refractivity contribution < 1.29 is 19.1 Å². The van der Waals surface area contributed by atoms with Crippen LogP contribution in [0.25, 0.3) is 0 Å². The quantitative estimate of drug-likeness (QED) is 0.408. The number of halogens is 1. The van der Waals surface area contributed by atoms with Gasteiger partial charge in [-0.1, -0.05) is 28.1 Å². The first-order valence-corrected chi connectivity index (χ1v) is 10.3. The van der Waals surface area contributed by atoms with Crippen molar-refractivity contribution in [3.8, 4) is 5.75 Å². The van der Waals surface area contributed by atoms with Crippen molar-refractivity contribution in [3.63, 3.8) is 0 Å². The highest BCUT2D eigenvalue weighted by Crippen LogP contribution is 2.57. The molecule has 1 heterocycles. The molecule has 1 saturated heterocycles. The number of fused-ring (bicyclic) bond motifs is 5. The zero-order valence-corrected chi connectivity index (χ0v) is 16.6. The van der Waals surface area contributed by atoms with Gasteiger partial charge < -0.3 is 4.74 Å². The fraction of sp³-hybridized carbons (Fsp3) is 0.318. The number of hydrogen-bond acceptors (Lipinski definition) is 4. The SMILES string of the molecule is O=C(Oc1ccccc1N1C(=O)[C@@H]2[C@@H]3CC[C@H](C3)[C@@H]2C1=O)c1ccc(Br)cc1. The Labute approximate surface area is 170 Å². The molecule has 2 bridgehead atoms. The van der Waals surface area contributed by atoms with Crippen LogP contribution in [0.2, 0.25) is 0 Å². The molecular formula is C22H18BrNO4. The average Bonchev–Trinajstić information content (AvgIpc) is 3.37. The summed E-state index contributed by atoms with van der Waals surface area (Å²) in [6, 6.07) is 13.6. The second-order valence-electron chi connectivity index (χ2n) is 7.76. The highest BCUT2D eigenvalue weighted by molar-refractivity contribution is 9.10. The normalized spacial score (nSPS) is 28.0. The summed E-state index contributed by atoms with van der Waals surface area (Å²) in [6.45, 7) is 0. The Hall–Kier alpha value is -2.47. The van der Waals surface area contributed by atoms with Gasteiger partial charge in [-0.3, -0.25) is 9.59 Å². The van der Waals surface area contributed by atoms with E-state index in [1.807, 2.05) is 0 Å². The molecule has 0 N–H and O–H groups in total. The molecule has 0 radical (unpaired) electrons. The summed E-state index contributed by atoms with van der Waals surface area (Å²) in [5.41, 5.74) is 0.753. The molecule has 4 atom stereocenters. The van der Waals surface area contributed by atoms with Gasteiger partial charge in [0.1, 0.15) is 0 Å². The van der Waals surface area contributed by atoms with Crippen LogP contribution in [0.1, 0.15) is 29.6 Å². The summed E-state index contributed by atoms with van der Waals surface area (Å²) in [6.07, 6.45) is 3.04. The number of hydrogen-bond donors (Lipinski definition) is 0. The summed E-state index contributed by atoms with van der Waals surface area (Å²) in [5.74, 6) is -0.377. The minimum atomic E-state index is -0.528. The smallest absolute Gasteiger partial charge is 0.343 e. The second kappa shape index (κ2) is 6.55. The molecular weight excluding hydrogens is 422 g/mol. The van der Waals surface area contributed by atoms with Crippen LogP contribution in [-0.4, -0.2) is 17.8 Å². The molecule has 2 aromatic carbocycles. The Bertz CT molecular complexity index is 958. The van der Waals surface area contributed by atoms with Crippen LogP contribution in [0.3, 0.4) is 0 Å². The molecule has 3 aliphatic rings. The number of rotatable bonds is 3. The standard InChI is InChI=1S/C22H18BrNO4/c23-15-9-7-12(8-10-15)22(27)28-17-4-2-1-3-16(17)24-20(25)18-13-5-6-14(11-13)19(18)21(24)26/h1-4,7-10,13-14,18-19H,5-6,11H2/t13-,14-,18-,19+/m1/s1. The van der Waals surface area contributed by atoms with Gasteiger partial charge in [0.2, 0.25) is 11.8 Å². The second-order valence-corrected chi connectivity index (χ2v) is 8.68. The lowest BCUT2D eigenvalue weighted by molar-refractivity contribution is -0.123. The highest BCUT2D eigenvalue weighted by Gasteiger charge is 2.61. The first kappa shape index (κ1) is 17.6. The summed E-state index contributed by atoms with van der Waals surface area (Å²) in [5, 5.41) is 0. The Kier molecular flexibility index (Phi) is 4.12. The van der Waals surface area contributed by atoms with Crippen LogP contribution in [0, 0.1) is 23.7 Å². The number of para-hydroxylation sites is 2. The maximum atomic E-state index is 13.1. The highest BCUT2D eigenvalue weighted by atomic mass is 79.9. The molecule has 2 aromatic rings. The first-order chi connectivity index (χ1) is 13.5. The molecule has 5 rings (SSSR count). The number of carbonyl (C=O) groups excluding carboxylic acids is 3. The topological polar surface area (TPSA) is 63.7 Å². The van der Waals surface area contributed by atoms with E-state index in [2.05, 4.69) is 15.9 Å². The molecule has 3 fully saturated rings. The molecule has 5 nitrogen and oxygen atoms in total. The summed E-state index contributed by atoms with van der Waals surface area (Å²) in [4.78, 5) is 40.0. The van der Waals surface area contributed by atoms with E-state index < -0.39 is 5.97 Å². The number of anilines is 1. The number of benzene rings is 2. The molecule has 1 aliphatic heterocycles. The van der Waals surface area contributed by atoms with E-state index in [9.17, 15) is 14.4 Å². The number of ether oxygens (including phenoxy) is 1. The van der Waals surface area contributed by atoms with Crippen LogP contribution >= 0.6 is 15.9 Å². The molecule has 0 spiro atoms. The molecule has 6 heteroatoms. The molecule has 0 aromatic heterocycles. The van der Waals surface area contributed by atoms with Gasteiger partial charge >= 0.3 is 5.97 Å². The van der Waals surface area contributed by atoms with Crippen LogP contribution < -0.4 is 9.64 Å². The van der Waals surface area contributed by atoms with E-state index in [0.29, 0.717) is 23.1 Å². The predicted octanol–water partition coefficient (Wildman–Crippen LogP) is 4.20. The van der Waals surface area contributed by atoms with Crippen LogP contribution in [0.4, 0.5) is 5.69 Å². The monoisotopic (exact) mass is 439 g/mol. The minimum absolute atomic E-state index is 0.144. The Morgan fingerprint density at radius 3 is 2.18 bits per heavy atom. The van der Waals surface area contributed by atoms with Gasteiger partial charge in [0.05, 0.1) is 23.1 Å². The number of nitrogens with zero attached hydrogens (tertiary/aromatic N) is 1. The van der Waals surface area contributed by atoms with Crippen molar-refractivity contribution in [1.82, 2.24) is 0 Å². The van der Waals surface area contributed by atoms with Gasteiger partial charge in [0.25, 0.3) is 0 Å². The van der Waals surface area contributed by atoms with Gasteiger partial charge in [0, 0.05) is 4.47 Å². The maximum absolute atomic E-state index is 13.1. The first-order valence-electron chi connectivity index (χ1n) is 9.49. The number of carbonyl (C=O) groups is 3. The van der Waals surface area contributed by atoms with Crippen molar-refractivity contribution in [3.05, 3.63) is 58.6 Å². The zero-order valence-electron chi connectivity index (χ0n) is 15.0. The lowest BCUT2D eigenvalue weighted by Gasteiger charge is -2.20. The van der Waals surface area contributed by atoms with Gasteiger partial charge in [-0.15, -0.1) is 0 Å². The van der Waals surface area contributed by atoms with E-state index in [1.165, 1.54) is 4.90 Å². The Morgan fingerprint density at radius 2 is 1.54 bits per heavy atom. The summed E-state index contributed by atoms with van der Waals surface area (Å²) in [7, 11) is 0. The Balaban J connectivity index is 1.46. The molecule has 2 aliphatic carbocycles. The maximum Gasteiger partial charge on any atom is 0.343 e. The van der Waals surface area contributed by atoms with Crippen molar-refractivity contribution in [2.45, 2.75) is 19.3 Å². The van der Waals surface area contributed by atoms with E-state index in [-0.39, 0.29) is 29.4 Å². The molecule has 0 unspecified atom stereocenters. The zero-order chi connectivity index (χ0) is 19.4. The van der Waals surface area contributed by atoms with Gasteiger partial charge in [-0.2, -0.15) is 0 Å². The molecule has 2 saturated carbocycles. The van der Waals surface area contributed by atoms with Crippen molar-refractivity contribution >= 4 is 39.4 Å². The predicted molar refractivity (Wildman–Crippen MR) is 106 cm³/mol. The lowest BCUT2D eigenvalue weighted by Crippen LogP contribution is -2.33. The average molecular weight is 440 g/mol. The Morgan fingerprint density at radius 1 is 0.929 bits per heavy atom. The third-order valence-electron chi connectivity index (χ3n) is 6.32. The number of imide groups is 1. The van der Waals surface area contributed by atoms with Crippen molar-refractivity contribution in [2.75, 3.05) is 4.90 Å². The molecule has 2 amide bonds. The number of esters is 1. The van der Waals surface area contributed by atoms with E-state index in [0.717, 1.165) is 23.7 Å². The fourth-order valence-corrected chi connectivity index (χ4v) is 5.38. The van der Waals surface area contributed by atoms with E-state index in [1.54, 1.807) is 48.5 Å². The van der Waals surface area contributed by atoms with Gasteiger partial charge in [-0.05, 0) is 67.5 Å². The third-order valence-corrected chi connectivity index (χ3v) is 6.84. The fourth-order valence-electron chi connectivity index (χ4n) is 5.12. The van der Waals surface area contributed by atoms with Crippen molar-refractivity contribution in [1.29, 1.82) is 0 Å². The summed E-state index contributed by atoms with van der Waals surface area (Å²) < 4.78 is 6.43. The minimum Gasteiger partial charge on any atom is -0.421 e. The third kappa shape index (κ3) is 2.62. The molecule has 142 valence electrons. The van der Waals surface area contributed by atoms with Gasteiger partial charge in [-0.25, -0.2) is 9.69 Å². The van der Waals surface area contributed by atoms with Crippen LogP contribution in [0.15, 0.2) is 53.0 Å².